The minimum atomic E-state index is -0.0687. The lowest BCUT2D eigenvalue weighted by Crippen LogP contribution is -2.31. The number of aryl methyl sites for hydroxylation is 1. The fourth-order valence-electron chi connectivity index (χ4n) is 2.32. The topological polar surface area (TPSA) is 64.1 Å². The first-order valence-electron chi connectivity index (χ1n) is 7.01. The number of nitrogens with one attached hydrogen (secondary N) is 1. The number of rotatable bonds is 4. The summed E-state index contributed by atoms with van der Waals surface area (Å²) in [5.41, 5.74) is 1.74. The summed E-state index contributed by atoms with van der Waals surface area (Å²) in [6, 6.07) is 3.79. The van der Waals surface area contributed by atoms with Gasteiger partial charge in [-0.25, -0.2) is 4.98 Å². The van der Waals surface area contributed by atoms with Gasteiger partial charge in [0.15, 0.2) is 0 Å². The van der Waals surface area contributed by atoms with Gasteiger partial charge in [0, 0.05) is 31.1 Å². The molecule has 1 amide bonds. The van der Waals surface area contributed by atoms with E-state index < -0.39 is 0 Å². The molecular weight excluding hydrogens is 286 g/mol. The van der Waals surface area contributed by atoms with Crippen molar-refractivity contribution in [1.29, 1.82) is 0 Å². The number of carbonyl (C=O) groups is 1. The zero-order valence-electron chi connectivity index (χ0n) is 11.8. The Kier molecular flexibility index (Phi) is 4.26. The maximum Gasteiger partial charge on any atom is 0.263 e. The Bertz CT molecular complexity index is 621. The average molecular weight is 303 g/mol. The van der Waals surface area contributed by atoms with Crippen molar-refractivity contribution < 1.29 is 9.53 Å². The number of amides is 1. The summed E-state index contributed by atoms with van der Waals surface area (Å²) in [5, 5.41) is 3.79. The Balaban J connectivity index is 1.70. The third-order valence-electron chi connectivity index (χ3n) is 3.44. The van der Waals surface area contributed by atoms with Crippen molar-refractivity contribution >= 4 is 17.2 Å². The minimum absolute atomic E-state index is 0.0687. The predicted molar refractivity (Wildman–Crippen MR) is 81.4 cm³/mol. The Morgan fingerprint density at radius 3 is 3.00 bits per heavy atom. The number of ether oxygens (including phenoxy) is 1. The fourth-order valence-corrected chi connectivity index (χ4v) is 3.31. The molecule has 0 aliphatic carbocycles. The van der Waals surface area contributed by atoms with Crippen molar-refractivity contribution in [3.8, 4) is 10.6 Å². The highest BCUT2D eigenvalue weighted by Gasteiger charge is 2.19. The quantitative estimate of drug-likeness (QED) is 0.942. The molecule has 110 valence electrons. The van der Waals surface area contributed by atoms with Crippen LogP contribution in [0.2, 0.25) is 0 Å². The van der Waals surface area contributed by atoms with E-state index in [-0.39, 0.29) is 12.0 Å². The summed E-state index contributed by atoms with van der Waals surface area (Å²) in [5.74, 6) is -0.0687. The van der Waals surface area contributed by atoms with Crippen molar-refractivity contribution in [2.45, 2.75) is 25.9 Å². The van der Waals surface area contributed by atoms with Crippen molar-refractivity contribution in [3.05, 3.63) is 35.1 Å². The van der Waals surface area contributed by atoms with E-state index in [4.69, 9.17) is 4.74 Å². The molecule has 1 aliphatic rings. The summed E-state index contributed by atoms with van der Waals surface area (Å²) in [6.45, 7) is 3.23. The zero-order chi connectivity index (χ0) is 14.7. The third kappa shape index (κ3) is 3.28. The molecule has 0 spiro atoms. The van der Waals surface area contributed by atoms with E-state index in [1.54, 1.807) is 12.4 Å². The van der Waals surface area contributed by atoms with Crippen LogP contribution in [0, 0.1) is 6.92 Å². The monoisotopic (exact) mass is 303 g/mol. The van der Waals surface area contributed by atoms with Crippen LogP contribution in [-0.4, -0.2) is 35.1 Å². The van der Waals surface area contributed by atoms with E-state index in [9.17, 15) is 4.79 Å². The van der Waals surface area contributed by atoms with Crippen LogP contribution in [0.3, 0.4) is 0 Å². The van der Waals surface area contributed by atoms with Crippen LogP contribution >= 0.6 is 11.3 Å². The maximum atomic E-state index is 12.3. The fraction of sp³-hybridized carbons (Fsp3) is 0.400. The highest BCUT2D eigenvalue weighted by atomic mass is 32.1. The molecule has 3 heterocycles. The van der Waals surface area contributed by atoms with Crippen LogP contribution in [0.4, 0.5) is 0 Å². The van der Waals surface area contributed by atoms with Crippen LogP contribution < -0.4 is 5.32 Å². The second kappa shape index (κ2) is 6.32. The van der Waals surface area contributed by atoms with E-state index >= 15 is 0 Å². The van der Waals surface area contributed by atoms with Crippen LogP contribution in [0.25, 0.3) is 10.6 Å². The normalized spacial score (nSPS) is 17.9. The first-order chi connectivity index (χ1) is 10.2. The van der Waals surface area contributed by atoms with Crippen molar-refractivity contribution in [2.75, 3.05) is 13.2 Å². The van der Waals surface area contributed by atoms with Crippen molar-refractivity contribution in [3.63, 3.8) is 0 Å². The second-order valence-electron chi connectivity index (χ2n) is 5.01. The average Bonchev–Trinajstić information content (AvgIpc) is 3.15. The number of pyridine rings is 1. The number of hydrogen-bond donors (Lipinski definition) is 1. The molecule has 1 fully saturated rings. The first kappa shape index (κ1) is 14.2. The van der Waals surface area contributed by atoms with E-state index in [1.165, 1.54) is 11.3 Å². The third-order valence-corrected chi connectivity index (χ3v) is 4.65. The van der Waals surface area contributed by atoms with Crippen molar-refractivity contribution in [2.24, 2.45) is 0 Å². The Hall–Kier alpha value is -1.79. The van der Waals surface area contributed by atoms with Crippen LogP contribution in [-0.2, 0) is 4.74 Å². The van der Waals surface area contributed by atoms with Gasteiger partial charge in [-0.15, -0.1) is 11.3 Å². The molecule has 0 saturated carbocycles. The second-order valence-corrected chi connectivity index (χ2v) is 6.01. The summed E-state index contributed by atoms with van der Waals surface area (Å²) < 4.78 is 5.51. The van der Waals surface area contributed by atoms with Gasteiger partial charge in [-0.1, -0.05) is 0 Å². The molecule has 1 saturated heterocycles. The molecule has 2 aromatic heterocycles. The molecule has 1 atom stereocenters. The summed E-state index contributed by atoms with van der Waals surface area (Å²) in [6.07, 6.45) is 5.70. The van der Waals surface area contributed by atoms with Gasteiger partial charge >= 0.3 is 0 Å². The van der Waals surface area contributed by atoms with Gasteiger partial charge in [-0.2, -0.15) is 0 Å². The molecular formula is C15H17N3O2S. The molecule has 1 unspecified atom stereocenters. The molecule has 3 rings (SSSR count). The smallest absolute Gasteiger partial charge is 0.263 e. The minimum Gasteiger partial charge on any atom is -0.376 e. The van der Waals surface area contributed by atoms with Crippen LogP contribution in [0.5, 0.6) is 0 Å². The van der Waals surface area contributed by atoms with Gasteiger partial charge in [0.2, 0.25) is 0 Å². The molecule has 0 aromatic carbocycles. The molecule has 5 nitrogen and oxygen atoms in total. The highest BCUT2D eigenvalue weighted by molar-refractivity contribution is 7.17. The number of nitrogens with zero attached hydrogens (tertiary/aromatic N) is 2. The Labute approximate surface area is 127 Å². The van der Waals surface area contributed by atoms with Gasteiger partial charge in [0.25, 0.3) is 5.91 Å². The molecule has 6 heteroatoms. The van der Waals surface area contributed by atoms with E-state index in [0.717, 1.165) is 35.7 Å². The predicted octanol–water partition coefficient (Wildman–Crippen LogP) is 2.42. The summed E-state index contributed by atoms with van der Waals surface area (Å²) >= 11 is 1.41. The number of carbonyl (C=O) groups excluding carboxylic acids is 1. The van der Waals surface area contributed by atoms with Gasteiger partial charge in [-0.05, 0) is 31.9 Å². The van der Waals surface area contributed by atoms with Crippen molar-refractivity contribution in [1.82, 2.24) is 15.3 Å². The molecule has 0 bridgehead atoms. The molecule has 2 aromatic rings. The van der Waals surface area contributed by atoms with Gasteiger partial charge in [0.1, 0.15) is 9.88 Å². The first-order valence-corrected chi connectivity index (χ1v) is 7.83. The zero-order valence-corrected chi connectivity index (χ0v) is 12.7. The largest absolute Gasteiger partial charge is 0.376 e. The molecule has 1 N–H and O–H groups in total. The SMILES string of the molecule is Cc1nc(-c2ccncc2)sc1C(=O)NCC1CCCO1. The Morgan fingerprint density at radius 1 is 1.48 bits per heavy atom. The standard InChI is InChI=1S/C15H17N3O2S/c1-10-13(14(19)17-9-12-3-2-8-20-12)21-15(18-10)11-4-6-16-7-5-11/h4-7,12H,2-3,8-9H2,1H3,(H,17,19). The number of hydrogen-bond acceptors (Lipinski definition) is 5. The maximum absolute atomic E-state index is 12.3. The van der Waals surface area contributed by atoms with Gasteiger partial charge in [-0.3, -0.25) is 9.78 Å². The van der Waals surface area contributed by atoms with Gasteiger partial charge < -0.3 is 10.1 Å². The lowest BCUT2D eigenvalue weighted by molar-refractivity contribution is 0.0860. The number of thiazole rings is 1. The lowest BCUT2D eigenvalue weighted by atomic mass is 10.2. The summed E-state index contributed by atoms with van der Waals surface area (Å²) in [7, 11) is 0. The number of aromatic nitrogens is 2. The van der Waals surface area contributed by atoms with E-state index in [1.807, 2.05) is 19.1 Å². The summed E-state index contributed by atoms with van der Waals surface area (Å²) in [4.78, 5) is 21.4. The molecule has 1 aliphatic heterocycles. The van der Waals surface area contributed by atoms with E-state index in [0.29, 0.717) is 11.4 Å². The molecule has 0 radical (unpaired) electrons. The molecule has 21 heavy (non-hydrogen) atoms. The Morgan fingerprint density at radius 2 is 2.29 bits per heavy atom. The van der Waals surface area contributed by atoms with Crippen LogP contribution in [0.1, 0.15) is 28.2 Å². The van der Waals surface area contributed by atoms with Crippen LogP contribution in [0.15, 0.2) is 24.5 Å². The highest BCUT2D eigenvalue weighted by Crippen LogP contribution is 2.27. The lowest BCUT2D eigenvalue weighted by Gasteiger charge is -2.09. The van der Waals surface area contributed by atoms with E-state index in [2.05, 4.69) is 15.3 Å². The van der Waals surface area contributed by atoms with Gasteiger partial charge in [0.05, 0.1) is 11.8 Å².